The third-order valence-corrected chi connectivity index (χ3v) is 3.02. The first-order valence-electron chi connectivity index (χ1n) is 6.49. The maximum absolute atomic E-state index is 12.4. The Labute approximate surface area is 119 Å². The quantitative estimate of drug-likeness (QED) is 0.841. The number of carbonyl (C=O) groups is 1. The second-order valence-electron chi connectivity index (χ2n) is 4.81. The molecule has 20 heavy (non-hydrogen) atoms. The van der Waals surface area contributed by atoms with Crippen LogP contribution in [0, 0.1) is 6.92 Å². The Morgan fingerprint density at radius 2 is 2.10 bits per heavy atom. The highest BCUT2D eigenvalue weighted by Crippen LogP contribution is 2.13. The number of furan rings is 1. The van der Waals surface area contributed by atoms with Crippen molar-refractivity contribution in [1.82, 2.24) is 4.90 Å². The summed E-state index contributed by atoms with van der Waals surface area (Å²) in [6.07, 6.45) is 0. The third kappa shape index (κ3) is 3.48. The Bertz CT molecular complexity index is 589. The number of benzene rings is 1. The summed E-state index contributed by atoms with van der Waals surface area (Å²) in [4.78, 5) is 14.0. The van der Waals surface area contributed by atoms with E-state index in [1.54, 1.807) is 19.1 Å². The van der Waals surface area contributed by atoms with Crippen LogP contribution < -0.4 is 0 Å². The molecule has 0 unspecified atom stereocenters. The first kappa shape index (κ1) is 14.3. The molecule has 0 bridgehead atoms. The van der Waals surface area contributed by atoms with E-state index in [0.29, 0.717) is 18.7 Å². The van der Waals surface area contributed by atoms with Gasteiger partial charge in [-0.15, -0.1) is 0 Å². The van der Waals surface area contributed by atoms with Gasteiger partial charge < -0.3 is 14.1 Å². The van der Waals surface area contributed by atoms with Crippen LogP contribution in [-0.4, -0.2) is 25.0 Å². The average molecular weight is 273 g/mol. The van der Waals surface area contributed by atoms with Gasteiger partial charge in [-0.2, -0.15) is 0 Å². The van der Waals surface area contributed by atoms with E-state index in [1.165, 1.54) is 0 Å². The third-order valence-electron chi connectivity index (χ3n) is 3.02. The van der Waals surface area contributed by atoms with Crippen LogP contribution in [-0.2, 0) is 17.9 Å². The molecule has 1 amide bonds. The van der Waals surface area contributed by atoms with E-state index in [9.17, 15) is 4.79 Å². The Morgan fingerprint density at radius 3 is 2.75 bits per heavy atom. The van der Waals surface area contributed by atoms with Crippen LogP contribution in [0.3, 0.4) is 0 Å². The standard InChI is InChI=1S/C16H19NO3/c1-12-7-8-15(20-12)10-17(2)16(18)14-6-4-5-13(9-14)11-19-3/h4-9H,10-11H2,1-3H3. The largest absolute Gasteiger partial charge is 0.464 e. The first-order valence-corrected chi connectivity index (χ1v) is 6.49. The van der Waals surface area contributed by atoms with Crippen molar-refractivity contribution in [2.24, 2.45) is 0 Å². The van der Waals surface area contributed by atoms with Crippen LogP contribution in [0.2, 0.25) is 0 Å². The van der Waals surface area contributed by atoms with Gasteiger partial charge in [0.25, 0.3) is 5.91 Å². The molecule has 0 aliphatic rings. The number of hydrogen-bond donors (Lipinski definition) is 0. The predicted molar refractivity (Wildman–Crippen MR) is 76.4 cm³/mol. The van der Waals surface area contributed by atoms with Crippen molar-refractivity contribution in [2.75, 3.05) is 14.2 Å². The van der Waals surface area contributed by atoms with Crippen LogP contribution in [0.4, 0.5) is 0 Å². The maximum Gasteiger partial charge on any atom is 0.254 e. The Kier molecular flexibility index (Phi) is 4.58. The van der Waals surface area contributed by atoms with Crippen molar-refractivity contribution in [3.63, 3.8) is 0 Å². The molecular formula is C16H19NO3. The molecule has 4 heteroatoms. The van der Waals surface area contributed by atoms with E-state index >= 15 is 0 Å². The summed E-state index contributed by atoms with van der Waals surface area (Å²) in [7, 11) is 3.41. The van der Waals surface area contributed by atoms with Gasteiger partial charge in [-0.3, -0.25) is 4.79 Å². The van der Waals surface area contributed by atoms with Crippen LogP contribution >= 0.6 is 0 Å². The van der Waals surface area contributed by atoms with Crippen molar-refractivity contribution in [3.05, 3.63) is 59.0 Å². The minimum atomic E-state index is -0.0305. The fraction of sp³-hybridized carbons (Fsp3) is 0.312. The maximum atomic E-state index is 12.4. The summed E-state index contributed by atoms with van der Waals surface area (Å²) in [5.74, 6) is 1.60. The summed E-state index contributed by atoms with van der Waals surface area (Å²) < 4.78 is 10.6. The number of carbonyl (C=O) groups excluding carboxylic acids is 1. The molecule has 0 aliphatic heterocycles. The highest BCUT2D eigenvalue weighted by molar-refractivity contribution is 5.94. The zero-order valence-corrected chi connectivity index (χ0v) is 12.1. The van der Waals surface area contributed by atoms with Gasteiger partial charge in [0.1, 0.15) is 11.5 Å². The molecule has 0 fully saturated rings. The SMILES string of the molecule is COCc1cccc(C(=O)N(C)Cc2ccc(C)o2)c1. The van der Waals surface area contributed by atoms with Gasteiger partial charge >= 0.3 is 0 Å². The molecule has 0 aliphatic carbocycles. The summed E-state index contributed by atoms with van der Waals surface area (Å²) >= 11 is 0. The second-order valence-corrected chi connectivity index (χ2v) is 4.81. The molecule has 2 rings (SSSR count). The van der Waals surface area contributed by atoms with Gasteiger partial charge in [0.2, 0.25) is 0 Å². The van der Waals surface area contributed by atoms with E-state index in [0.717, 1.165) is 17.1 Å². The summed E-state index contributed by atoms with van der Waals surface area (Å²) in [5.41, 5.74) is 1.64. The Morgan fingerprint density at radius 1 is 1.30 bits per heavy atom. The van der Waals surface area contributed by atoms with Crippen molar-refractivity contribution in [3.8, 4) is 0 Å². The zero-order valence-electron chi connectivity index (χ0n) is 12.1. The molecule has 0 radical (unpaired) electrons. The number of rotatable bonds is 5. The lowest BCUT2D eigenvalue weighted by molar-refractivity contribution is 0.0774. The van der Waals surface area contributed by atoms with E-state index in [2.05, 4.69) is 0 Å². The van der Waals surface area contributed by atoms with Crippen LogP contribution in [0.15, 0.2) is 40.8 Å². The number of nitrogens with zero attached hydrogens (tertiary/aromatic N) is 1. The van der Waals surface area contributed by atoms with Gasteiger partial charge in [0.05, 0.1) is 13.2 Å². The first-order chi connectivity index (χ1) is 9.60. The molecule has 0 spiro atoms. The van der Waals surface area contributed by atoms with Crippen LogP contribution in [0.5, 0.6) is 0 Å². The number of hydrogen-bond acceptors (Lipinski definition) is 3. The van der Waals surface area contributed by atoms with Gasteiger partial charge in [-0.05, 0) is 36.8 Å². The molecular weight excluding hydrogens is 254 g/mol. The van der Waals surface area contributed by atoms with E-state index < -0.39 is 0 Å². The van der Waals surface area contributed by atoms with E-state index in [1.807, 2.05) is 43.3 Å². The van der Waals surface area contributed by atoms with Crippen molar-refractivity contribution >= 4 is 5.91 Å². The lowest BCUT2D eigenvalue weighted by Gasteiger charge is -2.16. The average Bonchev–Trinajstić information content (AvgIpc) is 2.84. The molecule has 0 saturated heterocycles. The molecule has 2 aromatic rings. The lowest BCUT2D eigenvalue weighted by Crippen LogP contribution is -2.26. The minimum absolute atomic E-state index is 0.0305. The number of ether oxygens (including phenoxy) is 1. The summed E-state index contributed by atoms with van der Waals surface area (Å²) in [5, 5.41) is 0. The molecule has 1 heterocycles. The second kappa shape index (κ2) is 6.39. The lowest BCUT2D eigenvalue weighted by atomic mass is 10.1. The Hall–Kier alpha value is -2.07. The highest BCUT2D eigenvalue weighted by atomic mass is 16.5. The molecule has 1 aromatic carbocycles. The van der Waals surface area contributed by atoms with Gasteiger partial charge in [-0.1, -0.05) is 12.1 Å². The van der Waals surface area contributed by atoms with Crippen molar-refractivity contribution < 1.29 is 13.9 Å². The zero-order chi connectivity index (χ0) is 14.5. The van der Waals surface area contributed by atoms with Gasteiger partial charge in [0, 0.05) is 19.7 Å². The van der Waals surface area contributed by atoms with Crippen molar-refractivity contribution in [2.45, 2.75) is 20.1 Å². The van der Waals surface area contributed by atoms with Crippen LogP contribution in [0.1, 0.15) is 27.4 Å². The van der Waals surface area contributed by atoms with Gasteiger partial charge in [0.15, 0.2) is 0 Å². The molecule has 0 atom stereocenters. The van der Waals surface area contributed by atoms with E-state index in [-0.39, 0.29) is 5.91 Å². The fourth-order valence-corrected chi connectivity index (χ4v) is 2.06. The highest BCUT2D eigenvalue weighted by Gasteiger charge is 2.13. The normalized spacial score (nSPS) is 10.6. The minimum Gasteiger partial charge on any atom is -0.464 e. The summed E-state index contributed by atoms with van der Waals surface area (Å²) in [6.45, 7) is 2.85. The van der Waals surface area contributed by atoms with E-state index in [4.69, 9.17) is 9.15 Å². The fourth-order valence-electron chi connectivity index (χ4n) is 2.06. The number of methoxy groups -OCH3 is 1. The van der Waals surface area contributed by atoms with Gasteiger partial charge in [-0.25, -0.2) is 0 Å². The van der Waals surface area contributed by atoms with Crippen LogP contribution in [0.25, 0.3) is 0 Å². The predicted octanol–water partition coefficient (Wildman–Crippen LogP) is 3.01. The Balaban J connectivity index is 2.07. The monoisotopic (exact) mass is 273 g/mol. The number of aryl methyl sites for hydroxylation is 1. The number of amides is 1. The molecule has 0 N–H and O–H groups in total. The topological polar surface area (TPSA) is 42.7 Å². The van der Waals surface area contributed by atoms with Crippen molar-refractivity contribution in [1.29, 1.82) is 0 Å². The molecule has 106 valence electrons. The summed E-state index contributed by atoms with van der Waals surface area (Å²) in [6, 6.07) is 11.3. The molecule has 4 nitrogen and oxygen atoms in total. The molecule has 1 aromatic heterocycles. The smallest absolute Gasteiger partial charge is 0.254 e. The molecule has 0 saturated carbocycles.